The van der Waals surface area contributed by atoms with Gasteiger partial charge in [0, 0.05) is 0 Å². The van der Waals surface area contributed by atoms with E-state index in [-0.39, 0.29) is 0 Å². The van der Waals surface area contributed by atoms with E-state index in [0.29, 0.717) is 5.41 Å². The van der Waals surface area contributed by atoms with Gasteiger partial charge in [-0.05, 0) is 42.4 Å². The smallest absolute Gasteiger partial charge is 0.0710 e. The van der Waals surface area contributed by atoms with Crippen LogP contribution in [0, 0.1) is 23.2 Å². The SMILES string of the molecule is CC1(C)[C@H]2CC[C@@H](CON)[C@@H]1C2. The van der Waals surface area contributed by atoms with E-state index >= 15 is 0 Å². The number of fused-ring (bicyclic) bond motifs is 2. The summed E-state index contributed by atoms with van der Waals surface area (Å²) in [7, 11) is 0. The highest BCUT2D eigenvalue weighted by atomic mass is 16.6. The molecule has 3 aliphatic carbocycles. The lowest BCUT2D eigenvalue weighted by Gasteiger charge is -2.60. The fraction of sp³-hybridized carbons (Fsp3) is 1.00. The first-order chi connectivity index (χ1) is 5.66. The van der Waals surface area contributed by atoms with Gasteiger partial charge in [0.1, 0.15) is 0 Å². The van der Waals surface area contributed by atoms with Crippen molar-refractivity contribution >= 4 is 0 Å². The monoisotopic (exact) mass is 169 g/mol. The first-order valence-electron chi connectivity index (χ1n) is 4.98. The van der Waals surface area contributed by atoms with E-state index in [9.17, 15) is 0 Å². The van der Waals surface area contributed by atoms with Crippen LogP contribution in [0.5, 0.6) is 0 Å². The van der Waals surface area contributed by atoms with Gasteiger partial charge in [0.25, 0.3) is 0 Å². The molecular formula is C10H19NO. The second-order valence-electron chi connectivity index (χ2n) is 5.03. The Bertz CT molecular complexity index is 175. The molecule has 12 heavy (non-hydrogen) atoms. The van der Waals surface area contributed by atoms with Gasteiger partial charge in [-0.15, -0.1) is 0 Å². The maximum absolute atomic E-state index is 5.13. The van der Waals surface area contributed by atoms with Gasteiger partial charge in [-0.2, -0.15) is 0 Å². The standard InChI is InChI=1S/C10H19NO/c1-10(2)8-4-3-7(6-12-11)9(10)5-8/h7-9H,3-6,11H2,1-2H3/t7-,8-,9-/m0/s1. The summed E-state index contributed by atoms with van der Waals surface area (Å²) in [4.78, 5) is 4.77. The van der Waals surface area contributed by atoms with Crippen LogP contribution in [-0.2, 0) is 4.84 Å². The van der Waals surface area contributed by atoms with E-state index in [1.807, 2.05) is 0 Å². The summed E-state index contributed by atoms with van der Waals surface area (Å²) in [6, 6.07) is 0. The molecule has 0 unspecified atom stereocenters. The van der Waals surface area contributed by atoms with E-state index in [2.05, 4.69) is 13.8 Å². The minimum absolute atomic E-state index is 0.571. The number of hydrogen-bond donors (Lipinski definition) is 1. The predicted molar refractivity (Wildman–Crippen MR) is 48.2 cm³/mol. The lowest BCUT2D eigenvalue weighted by molar-refractivity contribution is -0.124. The van der Waals surface area contributed by atoms with Crippen molar-refractivity contribution in [2.45, 2.75) is 33.1 Å². The van der Waals surface area contributed by atoms with Gasteiger partial charge in [0.05, 0.1) is 6.61 Å². The molecule has 3 aliphatic rings. The van der Waals surface area contributed by atoms with Crippen molar-refractivity contribution in [3.8, 4) is 0 Å². The van der Waals surface area contributed by atoms with Gasteiger partial charge >= 0.3 is 0 Å². The quantitative estimate of drug-likeness (QED) is 0.641. The topological polar surface area (TPSA) is 35.2 Å². The number of hydrogen-bond acceptors (Lipinski definition) is 2. The first-order valence-corrected chi connectivity index (χ1v) is 4.98. The number of nitrogens with two attached hydrogens (primary N) is 1. The molecule has 0 aliphatic heterocycles. The van der Waals surface area contributed by atoms with E-state index in [1.54, 1.807) is 0 Å². The molecule has 0 heterocycles. The fourth-order valence-corrected chi connectivity index (χ4v) is 3.29. The Morgan fingerprint density at radius 1 is 1.42 bits per heavy atom. The second-order valence-corrected chi connectivity index (χ2v) is 5.03. The Kier molecular flexibility index (Phi) is 1.92. The van der Waals surface area contributed by atoms with E-state index in [1.165, 1.54) is 19.3 Å². The van der Waals surface area contributed by atoms with Crippen LogP contribution in [0.1, 0.15) is 33.1 Å². The summed E-state index contributed by atoms with van der Waals surface area (Å²) < 4.78 is 0. The van der Waals surface area contributed by atoms with Crippen LogP contribution in [0.25, 0.3) is 0 Å². The fourth-order valence-electron chi connectivity index (χ4n) is 3.29. The summed E-state index contributed by atoms with van der Waals surface area (Å²) in [5.41, 5.74) is 0.571. The van der Waals surface area contributed by atoms with Crippen LogP contribution in [0.15, 0.2) is 0 Å². The first kappa shape index (κ1) is 8.52. The van der Waals surface area contributed by atoms with Gasteiger partial charge < -0.3 is 4.84 Å². The Labute approximate surface area is 74.4 Å². The Morgan fingerprint density at radius 2 is 2.17 bits per heavy atom. The van der Waals surface area contributed by atoms with Crippen molar-refractivity contribution in [2.75, 3.05) is 6.61 Å². The molecule has 0 aromatic heterocycles. The highest BCUT2D eigenvalue weighted by molar-refractivity contribution is 5.03. The third-order valence-electron chi connectivity index (χ3n) is 4.31. The van der Waals surface area contributed by atoms with E-state index in [4.69, 9.17) is 10.7 Å². The second kappa shape index (κ2) is 2.71. The van der Waals surface area contributed by atoms with E-state index in [0.717, 1.165) is 24.4 Å². The molecule has 2 N–H and O–H groups in total. The van der Waals surface area contributed by atoms with Crippen LogP contribution >= 0.6 is 0 Å². The zero-order valence-corrected chi connectivity index (χ0v) is 8.05. The summed E-state index contributed by atoms with van der Waals surface area (Å²) in [6.45, 7) is 5.56. The Hall–Kier alpha value is -0.0800. The van der Waals surface area contributed by atoms with Crippen LogP contribution < -0.4 is 5.90 Å². The molecule has 0 aromatic carbocycles. The zero-order chi connectivity index (χ0) is 8.77. The molecule has 0 spiro atoms. The highest BCUT2D eigenvalue weighted by Gasteiger charge is 2.53. The molecule has 0 radical (unpaired) electrons. The molecule has 2 bridgehead atoms. The van der Waals surface area contributed by atoms with Gasteiger partial charge in [0.2, 0.25) is 0 Å². The molecule has 3 rings (SSSR count). The molecule has 3 fully saturated rings. The molecule has 3 saturated carbocycles. The molecular weight excluding hydrogens is 150 g/mol. The van der Waals surface area contributed by atoms with Gasteiger partial charge in [-0.3, -0.25) is 0 Å². The predicted octanol–water partition coefficient (Wildman–Crippen LogP) is 1.95. The van der Waals surface area contributed by atoms with Crippen molar-refractivity contribution < 1.29 is 4.84 Å². The van der Waals surface area contributed by atoms with Crippen LogP contribution in [0.3, 0.4) is 0 Å². The van der Waals surface area contributed by atoms with Crippen molar-refractivity contribution in [1.82, 2.24) is 0 Å². The average molecular weight is 169 g/mol. The molecule has 2 nitrogen and oxygen atoms in total. The average Bonchev–Trinajstić information content (AvgIpc) is 2.05. The van der Waals surface area contributed by atoms with Gasteiger partial charge in [-0.25, -0.2) is 5.90 Å². The van der Waals surface area contributed by atoms with Crippen LogP contribution in [0.4, 0.5) is 0 Å². The summed E-state index contributed by atoms with van der Waals surface area (Å²) in [5.74, 6) is 7.72. The molecule has 3 atom stereocenters. The Balaban J connectivity index is 2.01. The van der Waals surface area contributed by atoms with Crippen molar-refractivity contribution in [3.63, 3.8) is 0 Å². The van der Waals surface area contributed by atoms with Crippen molar-refractivity contribution in [1.29, 1.82) is 0 Å². The lowest BCUT2D eigenvalue weighted by Crippen LogP contribution is -2.53. The van der Waals surface area contributed by atoms with Crippen LogP contribution in [0.2, 0.25) is 0 Å². The molecule has 0 saturated heterocycles. The van der Waals surface area contributed by atoms with Crippen LogP contribution in [-0.4, -0.2) is 6.61 Å². The number of rotatable bonds is 2. The van der Waals surface area contributed by atoms with Gasteiger partial charge in [-0.1, -0.05) is 13.8 Å². The Morgan fingerprint density at radius 3 is 2.67 bits per heavy atom. The minimum atomic E-state index is 0.571. The summed E-state index contributed by atoms with van der Waals surface area (Å²) >= 11 is 0. The summed E-state index contributed by atoms with van der Waals surface area (Å²) in [5, 5.41) is 0. The maximum atomic E-state index is 5.13. The molecule has 0 amide bonds. The van der Waals surface area contributed by atoms with Crippen molar-refractivity contribution in [2.24, 2.45) is 29.1 Å². The largest absolute Gasteiger partial charge is 0.304 e. The summed E-state index contributed by atoms with van der Waals surface area (Å²) in [6.07, 6.45) is 4.13. The third-order valence-corrected chi connectivity index (χ3v) is 4.31. The maximum Gasteiger partial charge on any atom is 0.0710 e. The normalized spacial score (nSPS) is 43.8. The molecule has 0 aromatic rings. The van der Waals surface area contributed by atoms with Gasteiger partial charge in [0.15, 0.2) is 0 Å². The third kappa shape index (κ3) is 1.01. The zero-order valence-electron chi connectivity index (χ0n) is 8.05. The lowest BCUT2D eigenvalue weighted by atomic mass is 9.46. The molecule has 70 valence electrons. The van der Waals surface area contributed by atoms with Crippen molar-refractivity contribution in [3.05, 3.63) is 0 Å². The molecule has 2 heteroatoms. The highest BCUT2D eigenvalue weighted by Crippen LogP contribution is 2.61. The van der Waals surface area contributed by atoms with E-state index < -0.39 is 0 Å². The minimum Gasteiger partial charge on any atom is -0.304 e.